The quantitative estimate of drug-likeness (QED) is 0.0848. The molecule has 0 aliphatic carbocycles. The number of nitrogens with zero attached hydrogens (tertiary/aromatic N) is 2. The van der Waals surface area contributed by atoms with E-state index in [2.05, 4.69) is 78.8 Å². The summed E-state index contributed by atoms with van der Waals surface area (Å²) in [5.74, 6) is -1.95. The van der Waals surface area contributed by atoms with Gasteiger partial charge in [0.25, 0.3) is 8.32 Å². The van der Waals surface area contributed by atoms with Crippen molar-refractivity contribution < 1.29 is 28.3 Å². The van der Waals surface area contributed by atoms with Crippen molar-refractivity contribution in [2.24, 2.45) is 5.92 Å². The van der Waals surface area contributed by atoms with Gasteiger partial charge in [0.05, 0.1) is 13.7 Å². The van der Waals surface area contributed by atoms with Crippen molar-refractivity contribution in [2.75, 3.05) is 20.3 Å². The lowest BCUT2D eigenvalue weighted by molar-refractivity contribution is -0.148. The second kappa shape index (κ2) is 13.1. The van der Waals surface area contributed by atoms with Crippen molar-refractivity contribution in [3.05, 3.63) is 66.2 Å². The Morgan fingerprint density at radius 2 is 1.51 bits per heavy atom. The first-order valence-corrected chi connectivity index (χ1v) is 13.8. The van der Waals surface area contributed by atoms with Gasteiger partial charge in [0, 0.05) is 6.61 Å². The van der Waals surface area contributed by atoms with Gasteiger partial charge < -0.3 is 19.4 Å². The van der Waals surface area contributed by atoms with Crippen molar-refractivity contribution >= 4 is 36.3 Å². The van der Waals surface area contributed by atoms with E-state index in [9.17, 15) is 9.59 Å². The highest BCUT2D eigenvalue weighted by Crippen LogP contribution is 2.36. The number of hydrogen-bond donors (Lipinski definition) is 0. The van der Waals surface area contributed by atoms with Gasteiger partial charge in [-0.1, -0.05) is 94.8 Å². The molecule has 0 spiro atoms. The Bertz CT molecular complexity index is 975. The topological polar surface area (TPSA) is 98.2 Å². The molecule has 0 aliphatic heterocycles. The van der Waals surface area contributed by atoms with E-state index < -0.39 is 26.0 Å². The molecule has 0 N–H and O–H groups in total. The van der Waals surface area contributed by atoms with E-state index in [4.69, 9.17) is 14.7 Å². The van der Waals surface area contributed by atoms with Gasteiger partial charge in [-0.15, -0.1) is 0 Å². The first-order valence-electron chi connectivity index (χ1n) is 11.9. The second-order valence-electron chi connectivity index (χ2n) is 9.47. The molecule has 0 bridgehead atoms. The molecule has 188 valence electrons. The molecule has 1 atom stereocenters. The molecule has 0 fully saturated rings. The van der Waals surface area contributed by atoms with Gasteiger partial charge >= 0.3 is 17.7 Å². The molecule has 2 aromatic carbocycles. The van der Waals surface area contributed by atoms with Crippen LogP contribution in [0.3, 0.4) is 0 Å². The van der Waals surface area contributed by atoms with Crippen LogP contribution < -0.4 is 10.4 Å². The standard InChI is InChI=1S/C27H36N2O5Si/c1-6-21(20-33-26(31)24(29-28)25(30)32-5)14-13-19-34-35(27(2,3)4,22-15-9-7-10-16-22)23-17-11-8-12-18-23/h7-12,15-18,21H,6,13-14,19-20H2,1-5H3/t21-/m0/s1. The minimum Gasteiger partial charge on any atom is -0.460 e. The maximum atomic E-state index is 12.0. The van der Waals surface area contributed by atoms with Gasteiger partial charge in [0.2, 0.25) is 0 Å². The Morgan fingerprint density at radius 1 is 0.971 bits per heavy atom. The van der Waals surface area contributed by atoms with Crippen molar-refractivity contribution in [3.63, 3.8) is 0 Å². The highest BCUT2D eigenvalue weighted by molar-refractivity contribution is 6.99. The van der Waals surface area contributed by atoms with Crippen molar-refractivity contribution in [2.45, 2.75) is 52.0 Å². The predicted molar refractivity (Wildman–Crippen MR) is 138 cm³/mol. The van der Waals surface area contributed by atoms with Crippen LogP contribution in [0.5, 0.6) is 0 Å². The molecule has 0 saturated heterocycles. The van der Waals surface area contributed by atoms with Crippen LogP contribution in [0.2, 0.25) is 5.04 Å². The van der Waals surface area contributed by atoms with Crippen LogP contribution in [-0.4, -0.2) is 51.1 Å². The third kappa shape index (κ3) is 6.98. The minimum atomic E-state index is -2.58. The van der Waals surface area contributed by atoms with E-state index >= 15 is 0 Å². The van der Waals surface area contributed by atoms with Gasteiger partial charge in [-0.05, 0) is 34.2 Å². The highest BCUT2D eigenvalue weighted by Gasteiger charge is 2.49. The molecule has 2 aromatic rings. The third-order valence-corrected chi connectivity index (χ3v) is 11.2. The largest absolute Gasteiger partial charge is 0.482 e. The molecule has 0 heterocycles. The van der Waals surface area contributed by atoms with Gasteiger partial charge in [-0.25, -0.2) is 9.59 Å². The fourth-order valence-corrected chi connectivity index (χ4v) is 8.89. The molecule has 0 unspecified atom stereocenters. The summed E-state index contributed by atoms with van der Waals surface area (Å²) < 4.78 is 16.5. The van der Waals surface area contributed by atoms with Crippen LogP contribution in [0.25, 0.3) is 5.53 Å². The summed E-state index contributed by atoms with van der Waals surface area (Å²) in [7, 11) is -1.49. The van der Waals surface area contributed by atoms with Crippen LogP contribution in [0.4, 0.5) is 0 Å². The second-order valence-corrected chi connectivity index (χ2v) is 13.8. The summed E-state index contributed by atoms with van der Waals surface area (Å²) in [4.78, 5) is 26.2. The molecule has 35 heavy (non-hydrogen) atoms. The van der Waals surface area contributed by atoms with E-state index in [-0.39, 0.29) is 17.6 Å². The molecule has 0 radical (unpaired) electrons. The number of benzene rings is 2. The van der Waals surface area contributed by atoms with Crippen molar-refractivity contribution in [1.29, 1.82) is 0 Å². The fourth-order valence-electron chi connectivity index (χ4n) is 4.29. The summed E-state index contributed by atoms with van der Waals surface area (Å²) in [6.45, 7) is 9.44. The van der Waals surface area contributed by atoms with Crippen LogP contribution in [0, 0.1) is 5.92 Å². The van der Waals surface area contributed by atoms with Gasteiger partial charge in [0.1, 0.15) is 0 Å². The number of ether oxygens (including phenoxy) is 2. The first-order chi connectivity index (χ1) is 16.7. The smallest absolute Gasteiger partial charge is 0.460 e. The minimum absolute atomic E-state index is 0.0827. The predicted octanol–water partition coefficient (Wildman–Crippen LogP) is 3.76. The fraction of sp³-hybridized carbons (Fsp3) is 0.444. The molecule has 0 amide bonds. The Labute approximate surface area is 209 Å². The summed E-state index contributed by atoms with van der Waals surface area (Å²) >= 11 is 0. The summed E-state index contributed by atoms with van der Waals surface area (Å²) in [6, 6.07) is 21.0. The zero-order valence-electron chi connectivity index (χ0n) is 21.3. The van der Waals surface area contributed by atoms with Gasteiger partial charge in [0.15, 0.2) is 0 Å². The molecule has 8 heteroatoms. The zero-order chi connectivity index (χ0) is 25.9. The lowest BCUT2D eigenvalue weighted by Crippen LogP contribution is -2.66. The summed E-state index contributed by atoms with van der Waals surface area (Å²) in [5, 5.41) is 2.38. The maximum Gasteiger partial charge on any atom is 0.482 e. The zero-order valence-corrected chi connectivity index (χ0v) is 22.3. The Kier molecular flexibility index (Phi) is 10.6. The first kappa shape index (κ1) is 28.2. The number of methoxy groups -OCH3 is 1. The lowest BCUT2D eigenvalue weighted by Gasteiger charge is -2.43. The molecule has 0 saturated carbocycles. The van der Waals surface area contributed by atoms with E-state index in [1.165, 1.54) is 10.4 Å². The Morgan fingerprint density at radius 3 is 1.94 bits per heavy atom. The average molecular weight is 497 g/mol. The van der Waals surface area contributed by atoms with Gasteiger partial charge in [-0.2, -0.15) is 4.79 Å². The number of hydrogen-bond acceptors (Lipinski definition) is 5. The monoisotopic (exact) mass is 496 g/mol. The molecule has 0 aliphatic rings. The third-order valence-electron chi connectivity index (χ3n) is 6.19. The molecular formula is C27H36N2O5Si. The van der Waals surface area contributed by atoms with Crippen LogP contribution in [-0.2, 0) is 23.5 Å². The average Bonchev–Trinajstić information content (AvgIpc) is 2.86. The lowest BCUT2D eigenvalue weighted by atomic mass is 10.0. The van der Waals surface area contributed by atoms with Crippen LogP contribution in [0.1, 0.15) is 47.0 Å². The SMILES string of the molecule is CC[C@@H](CCCO[Si](c1ccccc1)(c1ccccc1)C(C)(C)C)COC(=O)C(=[N+]=[N-])C(=O)OC. The van der Waals surface area contributed by atoms with E-state index in [1.54, 1.807) is 0 Å². The molecular weight excluding hydrogens is 460 g/mol. The molecule has 7 nitrogen and oxygen atoms in total. The van der Waals surface area contributed by atoms with Gasteiger partial charge in [-0.3, -0.25) is 0 Å². The summed E-state index contributed by atoms with van der Waals surface area (Å²) in [6.07, 6.45) is 2.36. The number of rotatable bonds is 12. The van der Waals surface area contributed by atoms with Crippen LogP contribution in [0.15, 0.2) is 60.7 Å². The molecule has 0 aromatic heterocycles. The highest BCUT2D eigenvalue weighted by atomic mass is 28.4. The van der Waals surface area contributed by atoms with Crippen molar-refractivity contribution in [1.82, 2.24) is 0 Å². The van der Waals surface area contributed by atoms with Crippen molar-refractivity contribution in [3.8, 4) is 0 Å². The summed E-state index contributed by atoms with van der Waals surface area (Å²) in [5.41, 5.74) is 8.13. The number of esters is 2. The molecule has 2 rings (SSSR count). The normalized spacial score (nSPS) is 12.4. The Balaban J connectivity index is 2.10. The number of carbonyl (C=O) groups is 2. The van der Waals surface area contributed by atoms with Crippen LogP contribution >= 0.6 is 0 Å². The van der Waals surface area contributed by atoms with E-state index in [0.717, 1.165) is 26.4 Å². The number of carbonyl (C=O) groups excluding carboxylic acids is 2. The van der Waals surface area contributed by atoms with E-state index in [1.807, 2.05) is 19.1 Å². The van der Waals surface area contributed by atoms with E-state index in [0.29, 0.717) is 6.61 Å². The Hall–Kier alpha value is -3.06. The maximum absolute atomic E-state index is 12.0.